The third kappa shape index (κ3) is 3.54. The fourth-order valence-electron chi connectivity index (χ4n) is 4.45. The van der Waals surface area contributed by atoms with Gasteiger partial charge in [-0.3, -0.25) is 4.79 Å². The van der Waals surface area contributed by atoms with Crippen molar-refractivity contribution in [2.24, 2.45) is 5.92 Å². The van der Waals surface area contributed by atoms with Gasteiger partial charge in [0.2, 0.25) is 0 Å². The number of hydrogen-bond acceptors (Lipinski definition) is 3. The number of H-pyrrole nitrogens is 1. The number of benzene rings is 1. The summed E-state index contributed by atoms with van der Waals surface area (Å²) in [4.78, 5) is 18.6. The third-order valence-corrected chi connectivity index (χ3v) is 6.65. The number of quaternary nitrogens is 1. The predicted molar refractivity (Wildman–Crippen MR) is 109 cm³/mol. The lowest BCUT2D eigenvalue weighted by atomic mass is 9.92. The summed E-state index contributed by atoms with van der Waals surface area (Å²) in [6.07, 6.45) is 1.80. The van der Waals surface area contributed by atoms with E-state index in [1.807, 2.05) is 18.3 Å². The molecule has 0 amide bonds. The van der Waals surface area contributed by atoms with Gasteiger partial charge in [0, 0.05) is 35.0 Å². The first-order chi connectivity index (χ1) is 13.2. The van der Waals surface area contributed by atoms with E-state index in [0.717, 1.165) is 25.9 Å². The average molecular weight is 384 g/mol. The van der Waals surface area contributed by atoms with Gasteiger partial charge >= 0.3 is 5.97 Å². The minimum Gasteiger partial charge on any atom is -0.466 e. The van der Waals surface area contributed by atoms with E-state index in [1.54, 1.807) is 4.90 Å². The maximum Gasteiger partial charge on any atom is 0.309 e. The molecule has 2 aromatic heterocycles. The molecular formula is C22H27N2O2S+. The van der Waals surface area contributed by atoms with E-state index < -0.39 is 0 Å². The van der Waals surface area contributed by atoms with Crippen LogP contribution in [0.15, 0.2) is 41.8 Å². The van der Waals surface area contributed by atoms with Crippen LogP contribution in [0, 0.1) is 12.8 Å². The van der Waals surface area contributed by atoms with Crippen LogP contribution >= 0.6 is 11.3 Å². The van der Waals surface area contributed by atoms with E-state index in [4.69, 9.17) is 4.74 Å². The van der Waals surface area contributed by atoms with Crippen molar-refractivity contribution >= 4 is 28.2 Å². The van der Waals surface area contributed by atoms with E-state index >= 15 is 0 Å². The van der Waals surface area contributed by atoms with Crippen molar-refractivity contribution < 1.29 is 14.4 Å². The number of aryl methyl sites for hydroxylation is 1. The van der Waals surface area contributed by atoms with E-state index in [1.165, 1.54) is 27.0 Å². The fraction of sp³-hybridized carbons (Fsp3) is 0.409. The predicted octanol–water partition coefficient (Wildman–Crippen LogP) is 3.49. The van der Waals surface area contributed by atoms with Crippen LogP contribution in [0.5, 0.6) is 0 Å². The molecule has 4 rings (SSSR count). The molecule has 0 radical (unpaired) electrons. The molecule has 3 heterocycles. The Kier molecular flexibility index (Phi) is 5.32. The van der Waals surface area contributed by atoms with Gasteiger partial charge in [-0.1, -0.05) is 24.3 Å². The molecule has 0 spiro atoms. The maximum atomic E-state index is 12.1. The summed E-state index contributed by atoms with van der Waals surface area (Å²) in [6, 6.07) is 13.3. The van der Waals surface area contributed by atoms with Crippen molar-refractivity contribution in [1.29, 1.82) is 0 Å². The Balaban J connectivity index is 1.66. The van der Waals surface area contributed by atoms with Crippen molar-refractivity contribution in [2.45, 2.75) is 32.7 Å². The number of rotatable bonds is 5. The lowest BCUT2D eigenvalue weighted by molar-refractivity contribution is -0.930. The zero-order chi connectivity index (χ0) is 18.8. The van der Waals surface area contributed by atoms with Crippen LogP contribution in [0.2, 0.25) is 0 Å². The molecule has 0 saturated carbocycles. The molecule has 1 aromatic carbocycles. The van der Waals surface area contributed by atoms with Gasteiger partial charge in [0.25, 0.3) is 0 Å². The highest BCUT2D eigenvalue weighted by atomic mass is 32.1. The number of esters is 1. The smallest absolute Gasteiger partial charge is 0.309 e. The number of hydrogen-bond donors (Lipinski definition) is 2. The molecule has 2 N–H and O–H groups in total. The van der Waals surface area contributed by atoms with Crippen molar-refractivity contribution in [3.63, 3.8) is 0 Å². The SMILES string of the molecule is CCOC(=O)C1CC[NH+](C(c2cccs2)c2c(C)[nH]c3ccccc23)CC1. The molecule has 1 aliphatic heterocycles. The fourth-order valence-corrected chi connectivity index (χ4v) is 5.34. The van der Waals surface area contributed by atoms with E-state index in [9.17, 15) is 4.79 Å². The Hall–Kier alpha value is -2.11. The number of ether oxygens (including phenoxy) is 1. The summed E-state index contributed by atoms with van der Waals surface area (Å²) in [5, 5.41) is 3.48. The highest BCUT2D eigenvalue weighted by Gasteiger charge is 2.36. The van der Waals surface area contributed by atoms with Crippen LogP contribution in [-0.4, -0.2) is 30.6 Å². The lowest BCUT2D eigenvalue weighted by Crippen LogP contribution is -3.13. The number of carbonyl (C=O) groups is 1. The van der Waals surface area contributed by atoms with E-state index in [0.29, 0.717) is 12.6 Å². The largest absolute Gasteiger partial charge is 0.466 e. The molecule has 5 heteroatoms. The third-order valence-electron chi connectivity index (χ3n) is 5.72. The number of fused-ring (bicyclic) bond motifs is 1. The zero-order valence-electron chi connectivity index (χ0n) is 16.0. The maximum absolute atomic E-state index is 12.1. The minimum atomic E-state index is -0.0208. The molecule has 27 heavy (non-hydrogen) atoms. The first-order valence-corrected chi connectivity index (χ1v) is 10.7. The number of aromatic amines is 1. The van der Waals surface area contributed by atoms with Crippen molar-refractivity contribution in [3.05, 3.63) is 57.9 Å². The summed E-state index contributed by atoms with van der Waals surface area (Å²) in [7, 11) is 0. The highest BCUT2D eigenvalue weighted by molar-refractivity contribution is 7.10. The van der Waals surface area contributed by atoms with Crippen LogP contribution < -0.4 is 4.90 Å². The number of thiophene rings is 1. The molecule has 0 bridgehead atoms. The minimum absolute atomic E-state index is 0.0208. The summed E-state index contributed by atoms with van der Waals surface area (Å²) >= 11 is 1.83. The van der Waals surface area contributed by atoms with Gasteiger partial charge in [0.15, 0.2) is 6.04 Å². The van der Waals surface area contributed by atoms with Crippen LogP contribution in [-0.2, 0) is 9.53 Å². The van der Waals surface area contributed by atoms with Gasteiger partial charge in [0.1, 0.15) is 0 Å². The average Bonchev–Trinajstić information content (AvgIpc) is 3.32. The topological polar surface area (TPSA) is 46.5 Å². The Morgan fingerprint density at radius 2 is 2.04 bits per heavy atom. The molecule has 1 aliphatic rings. The van der Waals surface area contributed by atoms with Crippen LogP contribution in [0.25, 0.3) is 10.9 Å². The van der Waals surface area contributed by atoms with Gasteiger partial charge < -0.3 is 14.6 Å². The Morgan fingerprint density at radius 3 is 2.74 bits per heavy atom. The Bertz CT molecular complexity index is 908. The Morgan fingerprint density at radius 1 is 1.26 bits per heavy atom. The standard InChI is InChI=1S/C22H26N2O2S/c1-3-26-22(25)16-10-12-24(13-11-16)21(19-9-6-14-27-19)20-15(2)23-18-8-5-4-7-17(18)20/h4-9,14,16,21,23H,3,10-13H2,1-2H3/p+1. The molecule has 1 atom stereocenters. The van der Waals surface area contributed by atoms with Crippen LogP contribution in [0.1, 0.15) is 41.9 Å². The van der Waals surface area contributed by atoms with Crippen molar-refractivity contribution in [2.75, 3.05) is 19.7 Å². The van der Waals surface area contributed by atoms with Crippen LogP contribution in [0.3, 0.4) is 0 Å². The number of para-hydroxylation sites is 1. The normalized spacial score (nSPS) is 21.3. The van der Waals surface area contributed by atoms with Gasteiger partial charge in [-0.05, 0) is 31.4 Å². The molecule has 1 saturated heterocycles. The molecular weight excluding hydrogens is 356 g/mol. The summed E-state index contributed by atoms with van der Waals surface area (Å²) in [6.45, 7) is 6.51. The first kappa shape index (κ1) is 18.3. The lowest BCUT2D eigenvalue weighted by Gasteiger charge is -2.34. The van der Waals surface area contributed by atoms with Crippen molar-refractivity contribution in [1.82, 2.24) is 4.98 Å². The number of piperidine rings is 1. The summed E-state index contributed by atoms with van der Waals surface area (Å²) in [5.41, 5.74) is 3.85. The van der Waals surface area contributed by atoms with Crippen LogP contribution in [0.4, 0.5) is 0 Å². The molecule has 142 valence electrons. The van der Waals surface area contributed by atoms with Gasteiger partial charge in [0.05, 0.1) is 30.5 Å². The molecule has 1 fully saturated rings. The first-order valence-electron chi connectivity index (χ1n) is 9.80. The second-order valence-electron chi connectivity index (χ2n) is 7.34. The monoisotopic (exact) mass is 383 g/mol. The molecule has 3 aromatic rings. The van der Waals surface area contributed by atoms with Gasteiger partial charge in [-0.25, -0.2) is 0 Å². The number of likely N-dealkylation sites (tertiary alicyclic amines) is 1. The van der Waals surface area contributed by atoms with Crippen molar-refractivity contribution in [3.8, 4) is 0 Å². The second-order valence-corrected chi connectivity index (χ2v) is 8.32. The van der Waals surface area contributed by atoms with E-state index in [2.05, 4.69) is 53.7 Å². The van der Waals surface area contributed by atoms with E-state index in [-0.39, 0.29) is 11.9 Å². The number of carbonyl (C=O) groups excluding carboxylic acids is 1. The van der Waals surface area contributed by atoms with Gasteiger partial charge in [-0.15, -0.1) is 11.3 Å². The molecule has 1 unspecified atom stereocenters. The second kappa shape index (κ2) is 7.87. The number of nitrogens with one attached hydrogen (secondary N) is 2. The summed E-state index contributed by atoms with van der Waals surface area (Å²) in [5.74, 6) is 0.0363. The molecule has 0 aliphatic carbocycles. The highest BCUT2D eigenvalue weighted by Crippen LogP contribution is 2.32. The summed E-state index contributed by atoms with van der Waals surface area (Å²) < 4.78 is 5.25. The quantitative estimate of drug-likeness (QED) is 0.663. The Labute approximate surface area is 164 Å². The molecule has 4 nitrogen and oxygen atoms in total. The zero-order valence-corrected chi connectivity index (χ0v) is 16.8. The number of aromatic nitrogens is 1. The van der Waals surface area contributed by atoms with Gasteiger partial charge in [-0.2, -0.15) is 0 Å².